The standard InChI is InChI=1S/C11H24N4O/c1-4-15(3)6-5-12-11(16)10-8-13-9(2)7-14-10/h9-10,13-14H,4-8H2,1-3H3,(H,12,16). The highest BCUT2D eigenvalue weighted by Gasteiger charge is 2.22. The zero-order valence-corrected chi connectivity index (χ0v) is 10.5. The predicted molar refractivity (Wildman–Crippen MR) is 65.4 cm³/mol. The zero-order chi connectivity index (χ0) is 12.0. The number of likely N-dealkylation sites (N-methyl/N-ethyl adjacent to an activating group) is 1. The van der Waals surface area contributed by atoms with Crippen molar-refractivity contribution >= 4 is 5.91 Å². The lowest BCUT2D eigenvalue weighted by Crippen LogP contribution is -2.59. The second kappa shape index (κ2) is 6.83. The molecule has 0 aromatic heterocycles. The number of carbonyl (C=O) groups is 1. The third kappa shape index (κ3) is 4.47. The van der Waals surface area contributed by atoms with Crippen LogP contribution in [0.25, 0.3) is 0 Å². The van der Waals surface area contributed by atoms with Crippen LogP contribution in [-0.2, 0) is 4.79 Å². The van der Waals surface area contributed by atoms with Crippen LogP contribution < -0.4 is 16.0 Å². The molecular weight excluding hydrogens is 204 g/mol. The van der Waals surface area contributed by atoms with Gasteiger partial charge in [0.25, 0.3) is 0 Å². The summed E-state index contributed by atoms with van der Waals surface area (Å²) in [5.41, 5.74) is 0. The topological polar surface area (TPSA) is 56.4 Å². The van der Waals surface area contributed by atoms with Crippen LogP contribution in [0.4, 0.5) is 0 Å². The van der Waals surface area contributed by atoms with Gasteiger partial charge in [-0.05, 0) is 20.5 Å². The van der Waals surface area contributed by atoms with Gasteiger partial charge in [0.1, 0.15) is 0 Å². The Bertz CT molecular complexity index is 214. The molecule has 0 aromatic carbocycles. The number of rotatable bonds is 5. The molecule has 1 rings (SSSR count). The Morgan fingerprint density at radius 1 is 1.44 bits per heavy atom. The van der Waals surface area contributed by atoms with Crippen molar-refractivity contribution < 1.29 is 4.79 Å². The number of hydrogen-bond acceptors (Lipinski definition) is 4. The molecule has 0 bridgehead atoms. The molecule has 0 spiro atoms. The normalized spacial score (nSPS) is 25.8. The number of nitrogens with one attached hydrogen (secondary N) is 3. The monoisotopic (exact) mass is 228 g/mol. The number of carbonyl (C=O) groups excluding carboxylic acids is 1. The van der Waals surface area contributed by atoms with Crippen LogP contribution in [-0.4, -0.2) is 62.7 Å². The van der Waals surface area contributed by atoms with Crippen LogP contribution in [0.3, 0.4) is 0 Å². The van der Waals surface area contributed by atoms with E-state index in [1.54, 1.807) is 0 Å². The van der Waals surface area contributed by atoms with Gasteiger partial charge in [0.05, 0.1) is 6.04 Å². The van der Waals surface area contributed by atoms with Gasteiger partial charge in [-0.3, -0.25) is 4.79 Å². The minimum atomic E-state index is -0.0804. The number of amides is 1. The molecule has 16 heavy (non-hydrogen) atoms. The number of hydrogen-bond donors (Lipinski definition) is 3. The highest BCUT2D eigenvalue weighted by molar-refractivity contribution is 5.82. The Balaban J connectivity index is 2.15. The van der Waals surface area contributed by atoms with E-state index >= 15 is 0 Å². The Labute approximate surface area is 98.0 Å². The van der Waals surface area contributed by atoms with Crippen molar-refractivity contribution in [1.82, 2.24) is 20.9 Å². The molecule has 1 saturated heterocycles. The molecule has 5 heteroatoms. The molecule has 0 aliphatic carbocycles. The largest absolute Gasteiger partial charge is 0.353 e. The molecule has 3 N–H and O–H groups in total. The molecule has 94 valence electrons. The summed E-state index contributed by atoms with van der Waals surface area (Å²) in [5, 5.41) is 9.47. The van der Waals surface area contributed by atoms with Crippen molar-refractivity contribution in [2.75, 3.05) is 39.8 Å². The van der Waals surface area contributed by atoms with E-state index in [0.29, 0.717) is 6.04 Å². The second-order valence-corrected chi connectivity index (χ2v) is 4.46. The van der Waals surface area contributed by atoms with E-state index in [-0.39, 0.29) is 11.9 Å². The fraction of sp³-hybridized carbons (Fsp3) is 0.909. The first-order chi connectivity index (χ1) is 7.63. The maximum Gasteiger partial charge on any atom is 0.238 e. The van der Waals surface area contributed by atoms with Crippen molar-refractivity contribution in [2.45, 2.75) is 25.9 Å². The predicted octanol–water partition coefficient (Wildman–Crippen LogP) is -0.996. The maximum absolute atomic E-state index is 11.7. The molecule has 1 aliphatic heterocycles. The quantitative estimate of drug-likeness (QED) is 0.565. The minimum absolute atomic E-state index is 0.0804. The second-order valence-electron chi connectivity index (χ2n) is 4.46. The first-order valence-electron chi connectivity index (χ1n) is 6.06. The van der Waals surface area contributed by atoms with E-state index < -0.39 is 0 Å². The van der Waals surface area contributed by atoms with Gasteiger partial charge < -0.3 is 20.9 Å². The molecule has 1 fully saturated rings. The van der Waals surface area contributed by atoms with Crippen LogP contribution in [0.2, 0.25) is 0 Å². The van der Waals surface area contributed by atoms with E-state index in [4.69, 9.17) is 0 Å². The molecule has 5 nitrogen and oxygen atoms in total. The van der Waals surface area contributed by atoms with Crippen molar-refractivity contribution in [2.24, 2.45) is 0 Å². The van der Waals surface area contributed by atoms with Gasteiger partial charge in [-0.1, -0.05) is 6.92 Å². The summed E-state index contributed by atoms with van der Waals surface area (Å²) in [4.78, 5) is 13.9. The minimum Gasteiger partial charge on any atom is -0.353 e. The molecule has 2 unspecified atom stereocenters. The molecule has 1 aliphatic rings. The SMILES string of the molecule is CCN(C)CCNC(=O)C1CNC(C)CN1. The lowest BCUT2D eigenvalue weighted by molar-refractivity contribution is -0.123. The smallest absolute Gasteiger partial charge is 0.238 e. The average Bonchev–Trinajstić information content (AvgIpc) is 2.29. The maximum atomic E-state index is 11.7. The average molecular weight is 228 g/mol. The fourth-order valence-corrected chi connectivity index (χ4v) is 1.62. The summed E-state index contributed by atoms with van der Waals surface area (Å²) in [6.45, 7) is 8.42. The highest BCUT2D eigenvalue weighted by Crippen LogP contribution is 1.92. The van der Waals surface area contributed by atoms with Gasteiger partial charge in [0, 0.05) is 32.2 Å². The summed E-state index contributed by atoms with van der Waals surface area (Å²) in [6, 6.07) is 0.374. The zero-order valence-electron chi connectivity index (χ0n) is 10.5. The van der Waals surface area contributed by atoms with Crippen LogP contribution in [0.15, 0.2) is 0 Å². The molecule has 0 saturated carbocycles. The number of nitrogens with zero attached hydrogens (tertiary/aromatic N) is 1. The third-order valence-electron chi connectivity index (χ3n) is 2.99. The highest BCUT2D eigenvalue weighted by atomic mass is 16.2. The first-order valence-corrected chi connectivity index (χ1v) is 6.06. The van der Waals surface area contributed by atoms with Gasteiger partial charge in [0.15, 0.2) is 0 Å². The summed E-state index contributed by atoms with van der Waals surface area (Å²) < 4.78 is 0. The van der Waals surface area contributed by atoms with Gasteiger partial charge in [-0.2, -0.15) is 0 Å². The van der Waals surface area contributed by atoms with Crippen molar-refractivity contribution in [3.05, 3.63) is 0 Å². The van der Waals surface area contributed by atoms with Crippen LogP contribution in [0, 0.1) is 0 Å². The van der Waals surface area contributed by atoms with E-state index in [1.165, 1.54) is 0 Å². The Morgan fingerprint density at radius 2 is 2.19 bits per heavy atom. The molecule has 0 radical (unpaired) electrons. The lowest BCUT2D eigenvalue weighted by atomic mass is 10.1. The summed E-state index contributed by atoms with van der Waals surface area (Å²) in [5.74, 6) is 0.101. The number of piperazine rings is 1. The van der Waals surface area contributed by atoms with Gasteiger partial charge in [0.2, 0.25) is 5.91 Å². The molecule has 0 aromatic rings. The van der Waals surface area contributed by atoms with Crippen molar-refractivity contribution in [1.29, 1.82) is 0 Å². The van der Waals surface area contributed by atoms with Crippen LogP contribution in [0.5, 0.6) is 0 Å². The van der Waals surface area contributed by atoms with Gasteiger partial charge in [-0.15, -0.1) is 0 Å². The van der Waals surface area contributed by atoms with E-state index in [0.717, 1.165) is 32.7 Å². The van der Waals surface area contributed by atoms with Crippen molar-refractivity contribution in [3.63, 3.8) is 0 Å². The molecule has 1 heterocycles. The molecule has 2 atom stereocenters. The van der Waals surface area contributed by atoms with Crippen molar-refractivity contribution in [3.8, 4) is 0 Å². The summed E-state index contributed by atoms with van der Waals surface area (Å²) >= 11 is 0. The molecule has 1 amide bonds. The Morgan fingerprint density at radius 3 is 2.75 bits per heavy atom. The van der Waals surface area contributed by atoms with E-state index in [1.807, 2.05) is 7.05 Å². The summed E-state index contributed by atoms with van der Waals surface area (Å²) in [6.07, 6.45) is 0. The van der Waals surface area contributed by atoms with E-state index in [2.05, 4.69) is 34.7 Å². The van der Waals surface area contributed by atoms with E-state index in [9.17, 15) is 4.79 Å². The third-order valence-corrected chi connectivity index (χ3v) is 2.99. The Hall–Kier alpha value is -0.650. The van der Waals surface area contributed by atoms with Crippen LogP contribution in [0.1, 0.15) is 13.8 Å². The fourth-order valence-electron chi connectivity index (χ4n) is 1.62. The van der Waals surface area contributed by atoms with Crippen LogP contribution >= 0.6 is 0 Å². The van der Waals surface area contributed by atoms with Gasteiger partial charge >= 0.3 is 0 Å². The molecular formula is C11H24N4O. The first kappa shape index (κ1) is 13.4. The lowest BCUT2D eigenvalue weighted by Gasteiger charge is -2.28. The summed E-state index contributed by atoms with van der Waals surface area (Å²) in [7, 11) is 2.05. The Kier molecular flexibility index (Phi) is 5.73. The van der Waals surface area contributed by atoms with Gasteiger partial charge in [-0.25, -0.2) is 0 Å².